The number of rotatable bonds is 3. The molecule has 0 aliphatic rings. The van der Waals surface area contributed by atoms with Gasteiger partial charge in [-0.1, -0.05) is 6.07 Å². The standard InChI is InChI=1S/C12H12N2O2/c1-16-12-5-4-9(7-14-12)10-3-2-6-13-11(10)8-15/h2-7,15H,8H2,1H3. The molecule has 0 saturated heterocycles. The monoisotopic (exact) mass is 216 g/mol. The van der Waals surface area contributed by atoms with Crippen LogP contribution in [0.2, 0.25) is 0 Å². The molecule has 0 aromatic carbocycles. The van der Waals surface area contributed by atoms with Crippen LogP contribution in [-0.2, 0) is 6.61 Å². The first-order chi connectivity index (χ1) is 7.85. The quantitative estimate of drug-likeness (QED) is 0.847. The third-order valence-corrected chi connectivity index (χ3v) is 2.30. The normalized spacial score (nSPS) is 10.1. The molecular weight excluding hydrogens is 204 g/mol. The molecule has 4 nitrogen and oxygen atoms in total. The van der Waals surface area contributed by atoms with Gasteiger partial charge in [0.2, 0.25) is 5.88 Å². The lowest BCUT2D eigenvalue weighted by molar-refractivity contribution is 0.277. The lowest BCUT2D eigenvalue weighted by Gasteiger charge is -2.06. The Morgan fingerprint density at radius 3 is 2.75 bits per heavy atom. The molecule has 0 atom stereocenters. The highest BCUT2D eigenvalue weighted by Crippen LogP contribution is 2.22. The van der Waals surface area contributed by atoms with Crippen LogP contribution in [0.25, 0.3) is 11.1 Å². The van der Waals surface area contributed by atoms with Crippen LogP contribution in [-0.4, -0.2) is 22.2 Å². The molecule has 16 heavy (non-hydrogen) atoms. The van der Waals surface area contributed by atoms with Gasteiger partial charge in [0.05, 0.1) is 19.4 Å². The number of ether oxygens (including phenoxy) is 1. The second kappa shape index (κ2) is 4.72. The average Bonchev–Trinajstić information content (AvgIpc) is 2.39. The fourth-order valence-corrected chi connectivity index (χ4v) is 1.49. The van der Waals surface area contributed by atoms with E-state index in [0.29, 0.717) is 11.6 Å². The highest BCUT2D eigenvalue weighted by atomic mass is 16.5. The number of nitrogens with zero attached hydrogens (tertiary/aromatic N) is 2. The predicted molar refractivity (Wildman–Crippen MR) is 59.9 cm³/mol. The maximum absolute atomic E-state index is 9.17. The molecule has 0 saturated carbocycles. The van der Waals surface area contributed by atoms with Crippen LogP contribution >= 0.6 is 0 Å². The maximum Gasteiger partial charge on any atom is 0.212 e. The van der Waals surface area contributed by atoms with Crippen molar-refractivity contribution >= 4 is 0 Å². The zero-order chi connectivity index (χ0) is 11.4. The van der Waals surface area contributed by atoms with E-state index in [2.05, 4.69) is 9.97 Å². The van der Waals surface area contributed by atoms with E-state index >= 15 is 0 Å². The van der Waals surface area contributed by atoms with Crippen LogP contribution < -0.4 is 4.74 Å². The van der Waals surface area contributed by atoms with Gasteiger partial charge in [-0.3, -0.25) is 4.98 Å². The van der Waals surface area contributed by atoms with Gasteiger partial charge in [0, 0.05) is 29.6 Å². The van der Waals surface area contributed by atoms with E-state index < -0.39 is 0 Å². The smallest absolute Gasteiger partial charge is 0.212 e. The van der Waals surface area contributed by atoms with Crippen molar-refractivity contribution < 1.29 is 9.84 Å². The minimum absolute atomic E-state index is 0.0811. The fourth-order valence-electron chi connectivity index (χ4n) is 1.49. The Kier molecular flexibility index (Phi) is 3.12. The molecule has 0 unspecified atom stereocenters. The first kappa shape index (κ1) is 10.6. The molecule has 82 valence electrons. The lowest BCUT2D eigenvalue weighted by Crippen LogP contribution is -1.94. The Morgan fingerprint density at radius 2 is 2.12 bits per heavy atom. The van der Waals surface area contributed by atoms with Crippen LogP contribution in [0.4, 0.5) is 0 Å². The van der Waals surface area contributed by atoms with Gasteiger partial charge >= 0.3 is 0 Å². The topological polar surface area (TPSA) is 55.2 Å². The number of hydrogen-bond acceptors (Lipinski definition) is 4. The molecule has 2 heterocycles. The number of methoxy groups -OCH3 is 1. The van der Waals surface area contributed by atoms with E-state index in [1.54, 1.807) is 25.6 Å². The summed E-state index contributed by atoms with van der Waals surface area (Å²) in [6.45, 7) is -0.0811. The van der Waals surface area contributed by atoms with Gasteiger partial charge in [0.1, 0.15) is 0 Å². The van der Waals surface area contributed by atoms with Crippen molar-refractivity contribution in [2.24, 2.45) is 0 Å². The third-order valence-electron chi connectivity index (χ3n) is 2.30. The Hall–Kier alpha value is -1.94. The van der Waals surface area contributed by atoms with Gasteiger partial charge in [-0.05, 0) is 12.1 Å². The van der Waals surface area contributed by atoms with Gasteiger partial charge < -0.3 is 9.84 Å². The number of pyridine rings is 2. The van der Waals surface area contributed by atoms with Crippen LogP contribution in [0.3, 0.4) is 0 Å². The molecule has 1 N–H and O–H groups in total. The number of aromatic nitrogens is 2. The van der Waals surface area contributed by atoms with Crippen molar-refractivity contribution in [3.63, 3.8) is 0 Å². The van der Waals surface area contributed by atoms with Crippen molar-refractivity contribution in [1.29, 1.82) is 0 Å². The largest absolute Gasteiger partial charge is 0.481 e. The van der Waals surface area contributed by atoms with E-state index in [9.17, 15) is 5.11 Å². The second-order valence-electron chi connectivity index (χ2n) is 3.25. The molecule has 0 aliphatic carbocycles. The molecular formula is C12H12N2O2. The molecule has 0 spiro atoms. The van der Waals surface area contributed by atoms with Crippen molar-refractivity contribution in [1.82, 2.24) is 9.97 Å². The Bertz CT molecular complexity index is 469. The van der Waals surface area contributed by atoms with Crippen LogP contribution in [0.15, 0.2) is 36.7 Å². The summed E-state index contributed by atoms with van der Waals surface area (Å²) >= 11 is 0. The number of aliphatic hydroxyl groups is 1. The third kappa shape index (κ3) is 2.01. The van der Waals surface area contributed by atoms with Crippen molar-refractivity contribution in [3.8, 4) is 17.0 Å². The van der Waals surface area contributed by atoms with Crippen LogP contribution in [0.5, 0.6) is 5.88 Å². The highest BCUT2D eigenvalue weighted by molar-refractivity contribution is 5.64. The van der Waals surface area contributed by atoms with Crippen molar-refractivity contribution in [2.45, 2.75) is 6.61 Å². The van der Waals surface area contributed by atoms with Gasteiger partial charge in [-0.2, -0.15) is 0 Å². The summed E-state index contributed by atoms with van der Waals surface area (Å²) in [7, 11) is 1.57. The molecule has 0 amide bonds. The van der Waals surface area contributed by atoms with E-state index in [1.807, 2.05) is 18.2 Å². The van der Waals surface area contributed by atoms with Gasteiger partial charge in [-0.25, -0.2) is 4.98 Å². The van der Waals surface area contributed by atoms with E-state index in [-0.39, 0.29) is 6.61 Å². The molecule has 4 heteroatoms. The Morgan fingerprint density at radius 1 is 1.25 bits per heavy atom. The summed E-state index contributed by atoms with van der Waals surface area (Å²) < 4.78 is 4.99. The molecule has 2 aromatic rings. The molecule has 2 aromatic heterocycles. The van der Waals surface area contributed by atoms with E-state index in [0.717, 1.165) is 11.1 Å². The summed E-state index contributed by atoms with van der Waals surface area (Å²) in [5.74, 6) is 0.568. The van der Waals surface area contributed by atoms with Crippen LogP contribution in [0.1, 0.15) is 5.69 Å². The zero-order valence-corrected chi connectivity index (χ0v) is 8.92. The number of aliphatic hydroxyl groups excluding tert-OH is 1. The molecule has 0 aliphatic heterocycles. The van der Waals surface area contributed by atoms with E-state index in [4.69, 9.17) is 4.74 Å². The summed E-state index contributed by atoms with van der Waals surface area (Å²) in [4.78, 5) is 8.22. The molecule has 0 fully saturated rings. The van der Waals surface area contributed by atoms with E-state index in [1.165, 1.54) is 0 Å². The SMILES string of the molecule is COc1ccc(-c2cccnc2CO)cn1. The first-order valence-corrected chi connectivity index (χ1v) is 4.90. The summed E-state index contributed by atoms with van der Waals surface area (Å²) in [6.07, 6.45) is 3.36. The van der Waals surface area contributed by atoms with Gasteiger partial charge in [-0.15, -0.1) is 0 Å². The predicted octanol–water partition coefficient (Wildman–Crippen LogP) is 1.64. The molecule has 0 bridgehead atoms. The molecule has 2 rings (SSSR count). The lowest BCUT2D eigenvalue weighted by atomic mass is 10.1. The Balaban J connectivity index is 2.42. The summed E-state index contributed by atoms with van der Waals surface area (Å²) in [6, 6.07) is 7.41. The molecule has 0 radical (unpaired) electrons. The minimum Gasteiger partial charge on any atom is -0.481 e. The second-order valence-corrected chi connectivity index (χ2v) is 3.25. The van der Waals surface area contributed by atoms with Crippen molar-refractivity contribution in [3.05, 3.63) is 42.4 Å². The summed E-state index contributed by atoms with van der Waals surface area (Å²) in [5, 5.41) is 9.17. The Labute approximate surface area is 93.6 Å². The average molecular weight is 216 g/mol. The maximum atomic E-state index is 9.17. The number of hydrogen-bond donors (Lipinski definition) is 1. The van der Waals surface area contributed by atoms with Crippen molar-refractivity contribution in [2.75, 3.05) is 7.11 Å². The fraction of sp³-hybridized carbons (Fsp3) is 0.167. The first-order valence-electron chi connectivity index (χ1n) is 4.90. The van der Waals surface area contributed by atoms with Gasteiger partial charge in [0.15, 0.2) is 0 Å². The zero-order valence-electron chi connectivity index (χ0n) is 8.92. The summed E-state index contributed by atoms with van der Waals surface area (Å²) in [5.41, 5.74) is 2.45. The highest BCUT2D eigenvalue weighted by Gasteiger charge is 2.05. The minimum atomic E-state index is -0.0811. The van der Waals surface area contributed by atoms with Crippen LogP contribution in [0, 0.1) is 0 Å². The van der Waals surface area contributed by atoms with Gasteiger partial charge in [0.25, 0.3) is 0 Å².